The van der Waals surface area contributed by atoms with Crippen LogP contribution in [-0.2, 0) is 17.4 Å². The highest BCUT2D eigenvalue weighted by Gasteiger charge is 2.33. The van der Waals surface area contributed by atoms with Crippen LogP contribution in [0, 0.1) is 0 Å². The van der Waals surface area contributed by atoms with Gasteiger partial charge in [-0.25, -0.2) is 0 Å². The lowest BCUT2D eigenvalue weighted by atomic mass is 9.71. The van der Waals surface area contributed by atoms with Gasteiger partial charge in [0.1, 0.15) is 5.54 Å². The predicted molar refractivity (Wildman–Crippen MR) is 219 cm³/mol. The monoisotopic (exact) mass is 663 g/mol. The molecule has 0 spiro atoms. The standard InChI is InChI=1S/C50H49N/c1-6-40(37-49(5,44-25-14-9-15-26-44)45-27-16-10-17-28-45)36-43-24-20-21-31-48(43)38(3)41-32-34-47(35-33-41)50(7-2,46-29-18-11-19-30-46)51-39(4)42-22-12-8-13-23-42/h6,8-16,18-27,29-35,37H,1,3,7,17,28,36H2,2,4-5H3/b40-37+,51-39?. The normalized spacial score (nSPS) is 15.7. The van der Waals surface area contributed by atoms with Gasteiger partial charge < -0.3 is 0 Å². The second kappa shape index (κ2) is 16.0. The van der Waals surface area contributed by atoms with E-state index in [1.54, 1.807) is 0 Å². The van der Waals surface area contributed by atoms with Crippen molar-refractivity contribution in [1.29, 1.82) is 0 Å². The largest absolute Gasteiger partial charge is 0.273 e. The van der Waals surface area contributed by atoms with Crippen molar-refractivity contribution in [3.05, 3.63) is 233 Å². The molecule has 0 bridgehead atoms. The zero-order valence-electron chi connectivity index (χ0n) is 30.4. The third-order valence-electron chi connectivity index (χ3n) is 10.6. The number of allylic oxidation sites excluding steroid dienone is 7. The molecule has 6 rings (SSSR count). The lowest BCUT2D eigenvalue weighted by Crippen LogP contribution is -2.26. The van der Waals surface area contributed by atoms with Gasteiger partial charge in [0, 0.05) is 11.1 Å². The molecule has 2 unspecified atom stereocenters. The Bertz CT molecular complexity index is 2080. The minimum absolute atomic E-state index is 0.233. The van der Waals surface area contributed by atoms with E-state index in [9.17, 15) is 0 Å². The van der Waals surface area contributed by atoms with Gasteiger partial charge in [0.25, 0.3) is 0 Å². The molecule has 0 fully saturated rings. The molecule has 0 saturated heterocycles. The number of aliphatic imine (C=N–C) groups is 1. The fraction of sp³-hybridized carbons (Fsp3) is 0.180. The fourth-order valence-corrected chi connectivity index (χ4v) is 7.55. The van der Waals surface area contributed by atoms with Gasteiger partial charge in [-0.05, 0) is 89.6 Å². The van der Waals surface area contributed by atoms with Crippen molar-refractivity contribution in [2.45, 2.75) is 57.4 Å². The maximum absolute atomic E-state index is 5.48. The van der Waals surface area contributed by atoms with Gasteiger partial charge in [0.15, 0.2) is 0 Å². The zero-order chi connectivity index (χ0) is 35.7. The maximum atomic E-state index is 5.48. The smallest absolute Gasteiger partial charge is 0.111 e. The van der Waals surface area contributed by atoms with Crippen molar-refractivity contribution < 1.29 is 0 Å². The van der Waals surface area contributed by atoms with Gasteiger partial charge in [0.05, 0.1) is 0 Å². The van der Waals surface area contributed by atoms with E-state index in [4.69, 9.17) is 4.99 Å². The van der Waals surface area contributed by atoms with Crippen LogP contribution in [0.1, 0.15) is 79.0 Å². The Labute approximate surface area is 305 Å². The lowest BCUT2D eigenvalue weighted by Gasteiger charge is -2.32. The van der Waals surface area contributed by atoms with E-state index in [-0.39, 0.29) is 5.41 Å². The van der Waals surface area contributed by atoms with Crippen LogP contribution in [0.4, 0.5) is 0 Å². The average molecular weight is 664 g/mol. The summed E-state index contributed by atoms with van der Waals surface area (Å²) in [7, 11) is 0. The van der Waals surface area contributed by atoms with Gasteiger partial charge >= 0.3 is 0 Å². The van der Waals surface area contributed by atoms with Gasteiger partial charge in [0.2, 0.25) is 0 Å². The van der Waals surface area contributed by atoms with E-state index in [0.29, 0.717) is 0 Å². The molecule has 5 aromatic carbocycles. The Hall–Kier alpha value is -5.53. The molecule has 0 amide bonds. The summed E-state index contributed by atoms with van der Waals surface area (Å²) < 4.78 is 0. The summed E-state index contributed by atoms with van der Waals surface area (Å²) in [6.45, 7) is 15.6. The molecule has 0 radical (unpaired) electrons. The van der Waals surface area contributed by atoms with Crippen LogP contribution in [0.5, 0.6) is 0 Å². The van der Waals surface area contributed by atoms with E-state index in [2.05, 4.69) is 192 Å². The molecule has 254 valence electrons. The van der Waals surface area contributed by atoms with Crippen molar-refractivity contribution >= 4 is 11.3 Å². The molecule has 0 saturated carbocycles. The summed E-state index contributed by atoms with van der Waals surface area (Å²) in [5.74, 6) is 0. The first-order valence-corrected chi connectivity index (χ1v) is 18.2. The molecule has 0 heterocycles. The minimum Gasteiger partial charge on any atom is -0.273 e. The fourth-order valence-electron chi connectivity index (χ4n) is 7.55. The summed E-state index contributed by atoms with van der Waals surface area (Å²) in [6, 6.07) is 49.6. The van der Waals surface area contributed by atoms with E-state index >= 15 is 0 Å². The highest BCUT2D eigenvalue weighted by atomic mass is 14.9. The molecule has 1 nitrogen and oxygen atoms in total. The Balaban J connectivity index is 1.34. The van der Waals surface area contributed by atoms with Gasteiger partial charge in [-0.15, -0.1) is 0 Å². The molecular weight excluding hydrogens is 615 g/mol. The number of rotatable bonds is 13. The molecule has 0 aromatic heterocycles. The van der Waals surface area contributed by atoms with E-state index in [1.165, 1.54) is 33.4 Å². The van der Waals surface area contributed by atoms with Crippen LogP contribution in [-0.4, -0.2) is 5.71 Å². The summed E-state index contributed by atoms with van der Waals surface area (Å²) in [4.78, 5) is 5.48. The minimum atomic E-state index is -0.516. The van der Waals surface area contributed by atoms with Crippen LogP contribution in [0.25, 0.3) is 5.57 Å². The maximum Gasteiger partial charge on any atom is 0.111 e. The van der Waals surface area contributed by atoms with Crippen molar-refractivity contribution in [3.63, 3.8) is 0 Å². The van der Waals surface area contributed by atoms with Crippen LogP contribution >= 0.6 is 0 Å². The van der Waals surface area contributed by atoms with E-state index < -0.39 is 5.54 Å². The zero-order valence-corrected chi connectivity index (χ0v) is 30.4. The van der Waals surface area contributed by atoms with Gasteiger partial charge in [-0.2, -0.15) is 0 Å². The van der Waals surface area contributed by atoms with Crippen molar-refractivity contribution in [1.82, 2.24) is 0 Å². The summed E-state index contributed by atoms with van der Waals surface area (Å²) in [6.07, 6.45) is 14.9. The molecule has 51 heavy (non-hydrogen) atoms. The van der Waals surface area contributed by atoms with Crippen molar-refractivity contribution in [2.75, 3.05) is 0 Å². The highest BCUT2D eigenvalue weighted by Crippen LogP contribution is 2.41. The molecule has 2 atom stereocenters. The van der Waals surface area contributed by atoms with Crippen molar-refractivity contribution in [3.8, 4) is 0 Å². The van der Waals surface area contributed by atoms with Gasteiger partial charge in [-0.1, -0.05) is 196 Å². The number of hydrogen-bond donors (Lipinski definition) is 0. The third kappa shape index (κ3) is 7.64. The second-order valence-electron chi connectivity index (χ2n) is 13.7. The van der Waals surface area contributed by atoms with Crippen LogP contribution in [0.2, 0.25) is 0 Å². The van der Waals surface area contributed by atoms with E-state index in [1.807, 2.05) is 12.1 Å². The van der Waals surface area contributed by atoms with Crippen LogP contribution in [0.3, 0.4) is 0 Å². The van der Waals surface area contributed by atoms with E-state index in [0.717, 1.165) is 53.7 Å². The van der Waals surface area contributed by atoms with Gasteiger partial charge in [-0.3, -0.25) is 4.99 Å². The summed E-state index contributed by atoms with van der Waals surface area (Å²) >= 11 is 0. The SMILES string of the molecule is C=C/C(=C\C(C)(C1=CC=CCC1)c1ccccc1)Cc1ccccc1C(=C)c1ccc(C(CC)(N=C(C)c2ccccc2)c2ccccc2)cc1. The Morgan fingerprint density at radius 1 is 0.725 bits per heavy atom. The molecule has 5 aromatic rings. The molecular formula is C50H49N. The molecule has 1 heteroatoms. The first-order chi connectivity index (χ1) is 24.9. The number of nitrogens with zero attached hydrogens (tertiary/aromatic N) is 1. The molecule has 0 aliphatic heterocycles. The number of hydrogen-bond acceptors (Lipinski definition) is 1. The first kappa shape index (κ1) is 35.3. The third-order valence-corrected chi connectivity index (χ3v) is 10.6. The molecule has 1 aliphatic carbocycles. The summed E-state index contributed by atoms with van der Waals surface area (Å²) in [5.41, 5.74) is 12.2. The van der Waals surface area contributed by atoms with Crippen molar-refractivity contribution in [2.24, 2.45) is 4.99 Å². The lowest BCUT2D eigenvalue weighted by molar-refractivity contribution is 0.523. The average Bonchev–Trinajstić information content (AvgIpc) is 3.21. The summed E-state index contributed by atoms with van der Waals surface area (Å²) in [5, 5.41) is 0. The van der Waals surface area contributed by atoms with Crippen LogP contribution < -0.4 is 0 Å². The molecule has 0 N–H and O–H groups in total. The molecule has 1 aliphatic rings. The Morgan fingerprint density at radius 2 is 1.31 bits per heavy atom. The quantitative estimate of drug-likeness (QED) is 0.0878. The first-order valence-electron chi connectivity index (χ1n) is 18.2. The predicted octanol–water partition coefficient (Wildman–Crippen LogP) is 12.8. The Morgan fingerprint density at radius 3 is 1.92 bits per heavy atom. The highest BCUT2D eigenvalue weighted by molar-refractivity contribution is 5.99. The Kier molecular flexibility index (Phi) is 11.1. The second-order valence-corrected chi connectivity index (χ2v) is 13.7. The number of benzene rings is 5. The topological polar surface area (TPSA) is 12.4 Å². The van der Waals surface area contributed by atoms with Crippen LogP contribution in [0.15, 0.2) is 199 Å².